The molecule has 164 valence electrons. The summed E-state index contributed by atoms with van der Waals surface area (Å²) in [6, 6.07) is 18.8. The summed E-state index contributed by atoms with van der Waals surface area (Å²) in [5.74, 6) is 0.842. The van der Waals surface area contributed by atoms with Crippen LogP contribution in [0, 0.1) is 20.8 Å². The summed E-state index contributed by atoms with van der Waals surface area (Å²) in [5.41, 5.74) is 5.55. The molecule has 31 heavy (non-hydrogen) atoms. The second kappa shape index (κ2) is 9.25. The molecule has 0 fully saturated rings. The van der Waals surface area contributed by atoms with E-state index in [4.69, 9.17) is 4.74 Å². The second-order valence-electron chi connectivity index (χ2n) is 8.34. The van der Waals surface area contributed by atoms with E-state index < -0.39 is 16.1 Å². The van der Waals surface area contributed by atoms with Crippen molar-refractivity contribution < 1.29 is 13.2 Å². The molecule has 0 spiro atoms. The van der Waals surface area contributed by atoms with Gasteiger partial charge in [-0.25, -0.2) is 8.42 Å². The minimum absolute atomic E-state index is 0.133. The summed E-state index contributed by atoms with van der Waals surface area (Å²) in [6.07, 6.45) is 0. The maximum Gasteiger partial charge on any atom is 0.241 e. The molecule has 3 rings (SSSR count). The Kier molecular flexibility index (Phi) is 6.87. The van der Waals surface area contributed by atoms with Gasteiger partial charge in [-0.05, 0) is 66.6 Å². The Morgan fingerprint density at radius 2 is 1.52 bits per heavy atom. The average Bonchev–Trinajstić information content (AvgIpc) is 2.72. The van der Waals surface area contributed by atoms with Crippen LogP contribution in [0.1, 0.15) is 59.2 Å². The fourth-order valence-electron chi connectivity index (χ4n) is 3.92. The van der Waals surface area contributed by atoms with E-state index >= 15 is 0 Å². The lowest BCUT2D eigenvalue weighted by atomic mass is 9.95. The largest absolute Gasteiger partial charge is 0.496 e. The van der Waals surface area contributed by atoms with Crippen molar-refractivity contribution in [1.82, 2.24) is 4.72 Å². The number of hydrogen-bond acceptors (Lipinski definition) is 3. The van der Waals surface area contributed by atoms with Crippen molar-refractivity contribution in [2.75, 3.05) is 7.11 Å². The Labute approximate surface area is 186 Å². The smallest absolute Gasteiger partial charge is 0.241 e. The number of ether oxygens (including phenoxy) is 1. The molecular weight excluding hydrogens is 406 g/mol. The highest BCUT2D eigenvalue weighted by Crippen LogP contribution is 2.33. The van der Waals surface area contributed by atoms with Crippen LogP contribution in [0.4, 0.5) is 0 Å². The minimum atomic E-state index is -3.80. The van der Waals surface area contributed by atoms with Gasteiger partial charge < -0.3 is 4.74 Å². The van der Waals surface area contributed by atoms with E-state index in [0.717, 1.165) is 27.8 Å². The van der Waals surface area contributed by atoms with Crippen LogP contribution in [0.5, 0.6) is 5.75 Å². The first-order chi connectivity index (χ1) is 14.6. The van der Waals surface area contributed by atoms with Crippen LogP contribution in [0.25, 0.3) is 0 Å². The second-order valence-corrected chi connectivity index (χ2v) is 10.0. The van der Waals surface area contributed by atoms with E-state index in [1.807, 2.05) is 70.2 Å². The predicted molar refractivity (Wildman–Crippen MR) is 126 cm³/mol. The molecule has 5 heteroatoms. The number of benzene rings is 3. The third-order valence-corrected chi connectivity index (χ3v) is 7.15. The van der Waals surface area contributed by atoms with Gasteiger partial charge >= 0.3 is 0 Å². The van der Waals surface area contributed by atoms with Crippen molar-refractivity contribution in [3.8, 4) is 5.75 Å². The van der Waals surface area contributed by atoms with Crippen LogP contribution in [-0.2, 0) is 10.0 Å². The predicted octanol–water partition coefficient (Wildman–Crippen LogP) is 5.81. The number of sulfonamides is 1. The molecule has 0 unspecified atom stereocenters. The molecular formula is C26H31NO3S. The van der Waals surface area contributed by atoms with Crippen LogP contribution >= 0.6 is 0 Å². The number of aryl methyl sites for hydroxylation is 3. The monoisotopic (exact) mass is 437 g/mol. The van der Waals surface area contributed by atoms with Gasteiger partial charge in [0.2, 0.25) is 10.0 Å². The summed E-state index contributed by atoms with van der Waals surface area (Å²) >= 11 is 0. The summed E-state index contributed by atoms with van der Waals surface area (Å²) in [7, 11) is -2.19. The van der Waals surface area contributed by atoms with E-state index in [0.29, 0.717) is 11.3 Å². The molecule has 0 saturated carbocycles. The van der Waals surface area contributed by atoms with Crippen molar-refractivity contribution in [2.24, 2.45) is 0 Å². The van der Waals surface area contributed by atoms with Gasteiger partial charge in [0.1, 0.15) is 5.75 Å². The van der Waals surface area contributed by atoms with Crippen LogP contribution < -0.4 is 9.46 Å². The molecule has 0 aliphatic carbocycles. The quantitative estimate of drug-likeness (QED) is 0.507. The highest BCUT2D eigenvalue weighted by atomic mass is 32.2. The zero-order chi connectivity index (χ0) is 22.8. The first-order valence-electron chi connectivity index (χ1n) is 10.5. The lowest BCUT2D eigenvalue weighted by molar-refractivity contribution is 0.406. The zero-order valence-electron chi connectivity index (χ0n) is 19.1. The van der Waals surface area contributed by atoms with Crippen LogP contribution in [-0.4, -0.2) is 15.5 Å². The zero-order valence-corrected chi connectivity index (χ0v) is 19.9. The Morgan fingerprint density at radius 3 is 2.10 bits per heavy atom. The van der Waals surface area contributed by atoms with E-state index in [1.54, 1.807) is 26.2 Å². The molecule has 0 amide bonds. The fourth-order valence-corrected chi connectivity index (χ4v) is 5.38. The molecule has 0 aliphatic heterocycles. The molecule has 3 aromatic rings. The average molecular weight is 438 g/mol. The molecule has 1 N–H and O–H groups in total. The molecule has 0 aromatic heterocycles. The Morgan fingerprint density at radius 1 is 0.839 bits per heavy atom. The van der Waals surface area contributed by atoms with Gasteiger partial charge in [-0.1, -0.05) is 67.9 Å². The van der Waals surface area contributed by atoms with Crippen molar-refractivity contribution in [2.45, 2.75) is 51.5 Å². The van der Waals surface area contributed by atoms with Gasteiger partial charge in [0, 0.05) is 0 Å². The third kappa shape index (κ3) is 5.00. The van der Waals surface area contributed by atoms with Crippen molar-refractivity contribution in [1.29, 1.82) is 0 Å². The summed E-state index contributed by atoms with van der Waals surface area (Å²) < 4.78 is 35.7. The number of rotatable bonds is 7. The standard InChI is InChI=1S/C26H31NO3S/c1-17(2)23-16-25(20(5)15-24(23)30-6)31(28,29)27-26(21-10-8-7-9-11-21)22-13-12-18(3)14-19(22)4/h7-17,26-27H,1-6H3/t26-/m0/s1. The van der Waals surface area contributed by atoms with Gasteiger partial charge in [-0.2, -0.15) is 4.72 Å². The maximum absolute atomic E-state index is 13.6. The lowest BCUT2D eigenvalue weighted by Crippen LogP contribution is -2.30. The van der Waals surface area contributed by atoms with Gasteiger partial charge in [0.15, 0.2) is 0 Å². The topological polar surface area (TPSA) is 55.4 Å². The van der Waals surface area contributed by atoms with E-state index in [-0.39, 0.29) is 10.8 Å². The van der Waals surface area contributed by atoms with Crippen LogP contribution in [0.15, 0.2) is 65.6 Å². The Balaban J connectivity index is 2.12. The fraction of sp³-hybridized carbons (Fsp3) is 0.308. The molecule has 3 aromatic carbocycles. The van der Waals surface area contributed by atoms with Gasteiger partial charge in [0.05, 0.1) is 18.0 Å². The molecule has 0 saturated heterocycles. The highest BCUT2D eigenvalue weighted by Gasteiger charge is 2.27. The normalized spacial score (nSPS) is 12.7. The SMILES string of the molecule is COc1cc(C)c(S(=O)(=O)N[C@@H](c2ccccc2)c2ccc(C)cc2C)cc1C(C)C. The van der Waals surface area contributed by atoms with E-state index in [1.165, 1.54) is 0 Å². The highest BCUT2D eigenvalue weighted by molar-refractivity contribution is 7.89. The molecule has 1 atom stereocenters. The molecule has 0 aliphatic rings. The molecule has 4 nitrogen and oxygen atoms in total. The van der Waals surface area contributed by atoms with Crippen molar-refractivity contribution in [3.63, 3.8) is 0 Å². The Hall–Kier alpha value is -2.63. The van der Waals surface area contributed by atoms with E-state index in [9.17, 15) is 8.42 Å². The van der Waals surface area contributed by atoms with Crippen molar-refractivity contribution in [3.05, 3.63) is 94.0 Å². The van der Waals surface area contributed by atoms with Gasteiger partial charge in [-0.3, -0.25) is 0 Å². The van der Waals surface area contributed by atoms with Gasteiger partial charge in [-0.15, -0.1) is 0 Å². The van der Waals surface area contributed by atoms with E-state index in [2.05, 4.69) is 10.8 Å². The molecule has 0 radical (unpaired) electrons. The number of methoxy groups -OCH3 is 1. The summed E-state index contributed by atoms with van der Waals surface area (Å²) in [6.45, 7) is 9.91. The number of nitrogens with one attached hydrogen (secondary N) is 1. The van der Waals surface area contributed by atoms with Crippen molar-refractivity contribution >= 4 is 10.0 Å². The first-order valence-corrected chi connectivity index (χ1v) is 11.9. The molecule has 0 heterocycles. The lowest BCUT2D eigenvalue weighted by Gasteiger charge is -2.23. The summed E-state index contributed by atoms with van der Waals surface area (Å²) in [5, 5.41) is 0. The van der Waals surface area contributed by atoms with Gasteiger partial charge in [0.25, 0.3) is 0 Å². The number of hydrogen-bond donors (Lipinski definition) is 1. The van der Waals surface area contributed by atoms with Crippen LogP contribution in [0.2, 0.25) is 0 Å². The minimum Gasteiger partial charge on any atom is -0.496 e. The summed E-state index contributed by atoms with van der Waals surface area (Å²) in [4.78, 5) is 0.280. The van der Waals surface area contributed by atoms with Crippen LogP contribution in [0.3, 0.4) is 0 Å². The first kappa shape index (κ1) is 23.0. The Bertz CT molecular complexity index is 1170. The third-order valence-electron chi connectivity index (χ3n) is 5.58. The maximum atomic E-state index is 13.6. The molecule has 0 bridgehead atoms.